The molecule has 6 heteroatoms. The summed E-state index contributed by atoms with van der Waals surface area (Å²) >= 11 is 7.46. The molecule has 0 bridgehead atoms. The van der Waals surface area contributed by atoms with E-state index in [-0.39, 0.29) is 33.0 Å². The lowest BCUT2D eigenvalue weighted by atomic mass is 9.33. The zero-order valence-corrected chi connectivity index (χ0v) is 24.6. The lowest BCUT2D eigenvalue weighted by molar-refractivity contribution is -0.177. The third-order valence-corrected chi connectivity index (χ3v) is 13.7. The molecule has 1 aromatic rings. The summed E-state index contributed by atoms with van der Waals surface area (Å²) in [7, 11) is 0. The number of allylic oxidation sites excluding steroid dienone is 2. The van der Waals surface area contributed by atoms with Crippen LogP contribution in [0, 0.1) is 44.8 Å². The van der Waals surface area contributed by atoms with Crippen LogP contribution in [0.1, 0.15) is 111 Å². The third kappa shape index (κ3) is 2.99. The van der Waals surface area contributed by atoms with Gasteiger partial charge in [-0.3, -0.25) is 9.89 Å². The van der Waals surface area contributed by atoms with Gasteiger partial charge in [0.25, 0.3) is 0 Å². The Hall–Kier alpha value is -1.49. The molecule has 0 saturated heterocycles. The van der Waals surface area contributed by atoms with Gasteiger partial charge in [-0.1, -0.05) is 60.1 Å². The Labute approximate surface area is 227 Å². The highest BCUT2D eigenvalue weighted by atomic mass is 35.5. The molecule has 0 spiro atoms. The van der Waals surface area contributed by atoms with E-state index in [0.717, 1.165) is 62.8 Å². The van der Waals surface area contributed by atoms with E-state index >= 15 is 0 Å². The SMILES string of the molecule is CC1(C)CC[C@]2(C(=O)O)CC[C@]3(C)C(=C(Cl)CC4[C@@]5(C)Cc6c(N)n[nH]c6C(C)(C)C5CC[C@]43C)C2C1. The fraction of sp³-hybridized carbons (Fsp3) is 0.806. The molecule has 1 aromatic heterocycles. The first-order valence-electron chi connectivity index (χ1n) is 14.5. The summed E-state index contributed by atoms with van der Waals surface area (Å²) < 4.78 is 0. The first kappa shape index (κ1) is 25.8. The van der Waals surface area contributed by atoms with E-state index in [9.17, 15) is 9.90 Å². The Kier molecular flexibility index (Phi) is 5.13. The van der Waals surface area contributed by atoms with E-state index in [0.29, 0.717) is 17.7 Å². The van der Waals surface area contributed by atoms with Gasteiger partial charge in [-0.05, 0) is 103 Å². The van der Waals surface area contributed by atoms with Crippen LogP contribution in [-0.2, 0) is 16.6 Å². The molecule has 5 aliphatic rings. The summed E-state index contributed by atoms with van der Waals surface area (Å²) in [4.78, 5) is 12.9. The zero-order valence-electron chi connectivity index (χ0n) is 23.9. The van der Waals surface area contributed by atoms with Gasteiger partial charge in [-0.15, -0.1) is 0 Å². The van der Waals surface area contributed by atoms with Gasteiger partial charge in [0.1, 0.15) is 5.82 Å². The Morgan fingerprint density at radius 3 is 2.38 bits per heavy atom. The van der Waals surface area contributed by atoms with Gasteiger partial charge >= 0.3 is 5.97 Å². The number of hydrogen-bond acceptors (Lipinski definition) is 3. The first-order chi connectivity index (χ1) is 17.0. The second-order valence-electron chi connectivity index (χ2n) is 15.7. The van der Waals surface area contributed by atoms with Gasteiger partial charge in [-0.25, -0.2) is 0 Å². The molecule has 0 aliphatic heterocycles. The predicted octanol–water partition coefficient (Wildman–Crippen LogP) is 7.46. The number of aliphatic carboxylic acids is 1. The van der Waals surface area contributed by atoms with E-state index in [1.165, 1.54) is 16.8 Å². The number of carbonyl (C=O) groups is 1. The van der Waals surface area contributed by atoms with Gasteiger partial charge in [0.15, 0.2) is 0 Å². The molecule has 0 radical (unpaired) electrons. The van der Waals surface area contributed by atoms with Crippen LogP contribution in [0.3, 0.4) is 0 Å². The van der Waals surface area contributed by atoms with Crippen molar-refractivity contribution in [1.82, 2.24) is 10.2 Å². The number of H-pyrrole nitrogens is 1. The minimum absolute atomic E-state index is 0.0298. The Morgan fingerprint density at radius 1 is 1.03 bits per heavy atom. The molecule has 6 rings (SSSR count). The first-order valence-corrected chi connectivity index (χ1v) is 14.9. The molecule has 3 fully saturated rings. The van der Waals surface area contributed by atoms with E-state index in [4.69, 9.17) is 17.3 Å². The number of halogens is 1. The van der Waals surface area contributed by atoms with Crippen LogP contribution in [0.15, 0.2) is 10.6 Å². The van der Waals surface area contributed by atoms with Crippen molar-refractivity contribution < 1.29 is 9.90 Å². The number of hydrogen-bond donors (Lipinski definition) is 3. The second-order valence-corrected chi connectivity index (χ2v) is 16.1. The van der Waals surface area contributed by atoms with Gasteiger partial charge in [0.05, 0.1) is 5.41 Å². The number of nitrogens with zero attached hydrogens (tertiary/aromatic N) is 1. The quantitative estimate of drug-likeness (QED) is 0.353. The molecule has 37 heavy (non-hydrogen) atoms. The topological polar surface area (TPSA) is 92.0 Å². The van der Waals surface area contributed by atoms with Crippen molar-refractivity contribution in [2.75, 3.05) is 5.73 Å². The number of carboxylic acid groups (broad SMARTS) is 1. The molecule has 3 saturated carbocycles. The summed E-state index contributed by atoms with van der Waals surface area (Å²) in [6, 6.07) is 0. The highest BCUT2D eigenvalue weighted by molar-refractivity contribution is 6.30. The second kappa shape index (κ2) is 7.37. The number of nitrogen functional groups attached to an aromatic ring is 1. The maximum atomic E-state index is 12.9. The van der Waals surface area contributed by atoms with E-state index in [1.54, 1.807) is 0 Å². The maximum Gasteiger partial charge on any atom is 0.310 e. The molecule has 0 amide bonds. The lowest BCUT2D eigenvalue weighted by Crippen LogP contribution is -2.65. The van der Waals surface area contributed by atoms with Crippen molar-refractivity contribution in [2.45, 2.75) is 112 Å². The molecule has 0 aromatic carbocycles. The minimum atomic E-state index is -0.665. The maximum absolute atomic E-state index is 12.9. The standard InChI is InChI=1S/C31H46ClN3O2/c1-26(2)10-12-31(25(36)37)13-11-30(7)22(18(31)16-26)19(32)14-21-28(5)15-17-23(34-35-24(17)33)27(3,4)20(28)8-9-29(21,30)6/h18,20-21H,8-16H2,1-7H3,(H,36,37)(H3,33,34,35)/t18?,20?,21?,28-,29+,30+,31-/m0/s1. The van der Waals surface area contributed by atoms with Crippen molar-refractivity contribution in [3.63, 3.8) is 0 Å². The molecule has 1 heterocycles. The summed E-state index contributed by atoms with van der Waals surface area (Å²) in [5.74, 6) is 0.993. The predicted molar refractivity (Wildman–Crippen MR) is 148 cm³/mol. The number of nitrogens with two attached hydrogens (primary N) is 1. The summed E-state index contributed by atoms with van der Waals surface area (Å²) in [5.41, 5.74) is 9.61. The van der Waals surface area contributed by atoms with Crippen molar-refractivity contribution in [3.05, 3.63) is 21.9 Å². The number of fused-ring (bicyclic) bond motifs is 8. The van der Waals surface area contributed by atoms with Gasteiger partial charge in [0, 0.05) is 21.7 Å². The summed E-state index contributed by atoms with van der Waals surface area (Å²) in [6.45, 7) is 16.9. The molecule has 4 N–H and O–H groups in total. The zero-order chi connectivity index (χ0) is 27.0. The fourth-order valence-corrected chi connectivity index (χ4v) is 11.6. The van der Waals surface area contributed by atoms with Gasteiger partial charge in [0.2, 0.25) is 0 Å². The average Bonchev–Trinajstić information content (AvgIpc) is 3.15. The number of anilines is 1. The Bertz CT molecular complexity index is 1210. The van der Waals surface area contributed by atoms with Gasteiger partial charge < -0.3 is 10.8 Å². The van der Waals surface area contributed by atoms with Crippen LogP contribution in [0.2, 0.25) is 0 Å². The number of nitrogens with one attached hydrogen (secondary N) is 1. The van der Waals surface area contributed by atoms with Crippen LogP contribution in [0.25, 0.3) is 0 Å². The van der Waals surface area contributed by atoms with Crippen LogP contribution in [0.4, 0.5) is 5.82 Å². The normalized spacial score (nSPS) is 45.7. The highest BCUT2D eigenvalue weighted by Gasteiger charge is 2.70. The number of aromatic amines is 1. The molecule has 5 aliphatic carbocycles. The minimum Gasteiger partial charge on any atom is -0.481 e. The summed E-state index contributed by atoms with van der Waals surface area (Å²) in [5, 5.41) is 19.3. The average molecular weight is 528 g/mol. The molecule has 204 valence electrons. The monoisotopic (exact) mass is 527 g/mol. The summed E-state index contributed by atoms with van der Waals surface area (Å²) in [6.07, 6.45) is 8.44. The highest BCUT2D eigenvalue weighted by Crippen LogP contribution is 2.76. The van der Waals surface area contributed by atoms with Crippen LogP contribution in [0.5, 0.6) is 0 Å². The third-order valence-electron chi connectivity index (χ3n) is 13.3. The van der Waals surface area contributed by atoms with Gasteiger partial charge in [-0.2, -0.15) is 5.10 Å². The van der Waals surface area contributed by atoms with Crippen LogP contribution >= 0.6 is 11.6 Å². The van der Waals surface area contributed by atoms with Crippen molar-refractivity contribution in [3.8, 4) is 0 Å². The van der Waals surface area contributed by atoms with Crippen LogP contribution < -0.4 is 5.73 Å². The largest absolute Gasteiger partial charge is 0.481 e. The van der Waals surface area contributed by atoms with Crippen molar-refractivity contribution in [1.29, 1.82) is 0 Å². The van der Waals surface area contributed by atoms with Crippen molar-refractivity contribution >= 4 is 23.4 Å². The van der Waals surface area contributed by atoms with Crippen LogP contribution in [-0.4, -0.2) is 21.3 Å². The Morgan fingerprint density at radius 2 is 1.70 bits per heavy atom. The smallest absolute Gasteiger partial charge is 0.310 e. The van der Waals surface area contributed by atoms with Crippen molar-refractivity contribution in [2.24, 2.45) is 44.8 Å². The number of rotatable bonds is 1. The fourth-order valence-electron chi connectivity index (χ4n) is 11.1. The lowest BCUT2D eigenvalue weighted by Gasteiger charge is -2.70. The molecule has 3 unspecified atom stereocenters. The number of carboxylic acids is 1. The molecular formula is C31H46ClN3O2. The molecule has 5 nitrogen and oxygen atoms in total. The molecular weight excluding hydrogens is 482 g/mol. The number of aromatic nitrogens is 2. The van der Waals surface area contributed by atoms with E-state index in [2.05, 4.69) is 58.7 Å². The molecule has 7 atom stereocenters. The van der Waals surface area contributed by atoms with E-state index in [1.807, 2.05) is 0 Å². The van der Waals surface area contributed by atoms with E-state index < -0.39 is 11.4 Å². The Balaban J connectivity index is 1.51.